The standard InChI is InChI=1S/C22H18ClF3N2O2/c1-28(9-8-20(27)29)21(30)17-5-4-13-10-14(2-3-15(13)11-17)16-6-7-19(23)18(12-16)22(24,25)26/h2-7,10-12H,8-9H2,1H3,(H2,27,29). The number of nitrogens with zero attached hydrogens (tertiary/aromatic N) is 1. The van der Waals surface area contributed by atoms with Crippen molar-refractivity contribution in [2.75, 3.05) is 13.6 Å². The second kappa shape index (κ2) is 8.36. The summed E-state index contributed by atoms with van der Waals surface area (Å²) >= 11 is 5.69. The molecule has 4 nitrogen and oxygen atoms in total. The van der Waals surface area contributed by atoms with Crippen molar-refractivity contribution in [2.45, 2.75) is 12.6 Å². The third-order valence-corrected chi connectivity index (χ3v) is 5.06. The number of benzene rings is 3. The van der Waals surface area contributed by atoms with Gasteiger partial charge in [-0.3, -0.25) is 9.59 Å². The molecule has 0 aliphatic heterocycles. The Morgan fingerprint density at radius 2 is 1.57 bits per heavy atom. The van der Waals surface area contributed by atoms with E-state index in [4.69, 9.17) is 17.3 Å². The van der Waals surface area contributed by atoms with Crippen molar-refractivity contribution in [2.24, 2.45) is 5.73 Å². The maximum absolute atomic E-state index is 13.1. The topological polar surface area (TPSA) is 63.4 Å². The molecule has 3 rings (SSSR count). The van der Waals surface area contributed by atoms with E-state index < -0.39 is 17.6 Å². The van der Waals surface area contributed by atoms with Crippen molar-refractivity contribution in [3.05, 3.63) is 70.7 Å². The van der Waals surface area contributed by atoms with E-state index in [1.165, 1.54) is 17.0 Å². The molecule has 0 heterocycles. The van der Waals surface area contributed by atoms with Gasteiger partial charge in [-0.25, -0.2) is 0 Å². The number of nitrogens with two attached hydrogens (primary N) is 1. The van der Waals surface area contributed by atoms with Crippen LogP contribution in [0.4, 0.5) is 13.2 Å². The molecule has 2 N–H and O–H groups in total. The average Bonchev–Trinajstić information content (AvgIpc) is 2.70. The normalized spacial score (nSPS) is 11.5. The molecule has 0 radical (unpaired) electrons. The molecule has 8 heteroatoms. The maximum Gasteiger partial charge on any atom is 0.417 e. The van der Waals surface area contributed by atoms with Gasteiger partial charge >= 0.3 is 6.18 Å². The van der Waals surface area contributed by atoms with Gasteiger partial charge in [0.25, 0.3) is 5.91 Å². The highest BCUT2D eigenvalue weighted by molar-refractivity contribution is 6.31. The summed E-state index contributed by atoms with van der Waals surface area (Å²) in [6.07, 6.45) is -4.47. The lowest BCUT2D eigenvalue weighted by Gasteiger charge is -2.16. The Morgan fingerprint density at radius 3 is 2.23 bits per heavy atom. The van der Waals surface area contributed by atoms with Crippen LogP contribution in [-0.2, 0) is 11.0 Å². The first-order valence-corrected chi connectivity index (χ1v) is 9.39. The zero-order valence-electron chi connectivity index (χ0n) is 16.0. The number of amides is 2. The van der Waals surface area contributed by atoms with E-state index in [0.29, 0.717) is 16.7 Å². The molecule has 30 heavy (non-hydrogen) atoms. The first kappa shape index (κ1) is 21.6. The van der Waals surface area contributed by atoms with Gasteiger partial charge in [-0.15, -0.1) is 0 Å². The van der Waals surface area contributed by atoms with Crippen molar-refractivity contribution in [3.8, 4) is 11.1 Å². The largest absolute Gasteiger partial charge is 0.417 e. The predicted octanol–water partition coefficient (Wildman–Crippen LogP) is 5.13. The lowest BCUT2D eigenvalue weighted by molar-refractivity contribution is -0.137. The van der Waals surface area contributed by atoms with Crippen LogP contribution in [0.2, 0.25) is 5.02 Å². The molecule has 0 saturated heterocycles. The number of hydrogen-bond acceptors (Lipinski definition) is 2. The maximum atomic E-state index is 13.1. The Labute approximate surface area is 176 Å². The zero-order chi connectivity index (χ0) is 22.1. The molecule has 0 bridgehead atoms. The van der Waals surface area contributed by atoms with Gasteiger partial charge in [0.1, 0.15) is 0 Å². The minimum atomic E-state index is -4.54. The van der Waals surface area contributed by atoms with Crippen molar-refractivity contribution in [1.29, 1.82) is 0 Å². The van der Waals surface area contributed by atoms with E-state index in [1.807, 2.05) is 0 Å². The minimum absolute atomic E-state index is 0.0696. The third-order valence-electron chi connectivity index (χ3n) is 4.73. The summed E-state index contributed by atoms with van der Waals surface area (Å²) in [5.41, 5.74) is 5.65. The van der Waals surface area contributed by atoms with Crippen LogP contribution in [0.5, 0.6) is 0 Å². The summed E-state index contributed by atoms with van der Waals surface area (Å²) in [4.78, 5) is 24.8. The van der Waals surface area contributed by atoms with Crippen molar-refractivity contribution in [3.63, 3.8) is 0 Å². The fraction of sp³-hybridized carbons (Fsp3) is 0.182. The lowest BCUT2D eigenvalue weighted by atomic mass is 9.98. The number of carbonyl (C=O) groups excluding carboxylic acids is 2. The molecule has 156 valence electrons. The fourth-order valence-electron chi connectivity index (χ4n) is 3.08. The van der Waals surface area contributed by atoms with Crippen molar-refractivity contribution < 1.29 is 22.8 Å². The molecular formula is C22H18ClF3N2O2. The minimum Gasteiger partial charge on any atom is -0.370 e. The second-order valence-electron chi connectivity index (χ2n) is 6.91. The van der Waals surface area contributed by atoms with Gasteiger partial charge in [-0.1, -0.05) is 35.9 Å². The van der Waals surface area contributed by atoms with Crippen LogP contribution in [-0.4, -0.2) is 30.3 Å². The smallest absolute Gasteiger partial charge is 0.370 e. The number of alkyl halides is 3. The number of carbonyl (C=O) groups is 2. The summed E-state index contributed by atoms with van der Waals surface area (Å²) in [6, 6.07) is 14.0. The van der Waals surface area contributed by atoms with Crippen molar-refractivity contribution in [1.82, 2.24) is 4.90 Å². The van der Waals surface area contributed by atoms with Gasteiger partial charge in [0.05, 0.1) is 10.6 Å². The second-order valence-corrected chi connectivity index (χ2v) is 7.32. The van der Waals surface area contributed by atoms with Gasteiger partial charge in [0.15, 0.2) is 0 Å². The molecule has 2 amide bonds. The highest BCUT2D eigenvalue weighted by Gasteiger charge is 2.33. The van der Waals surface area contributed by atoms with Gasteiger partial charge in [0, 0.05) is 25.6 Å². The van der Waals surface area contributed by atoms with E-state index in [9.17, 15) is 22.8 Å². The Balaban J connectivity index is 1.91. The Bertz CT molecular complexity index is 1130. The highest BCUT2D eigenvalue weighted by atomic mass is 35.5. The third kappa shape index (κ3) is 4.74. The molecule has 3 aromatic rings. The number of hydrogen-bond donors (Lipinski definition) is 1. The van der Waals surface area contributed by atoms with Gasteiger partial charge in [-0.2, -0.15) is 13.2 Å². The van der Waals surface area contributed by atoms with Crippen LogP contribution in [0.15, 0.2) is 54.6 Å². The van der Waals surface area contributed by atoms with Gasteiger partial charge < -0.3 is 10.6 Å². The van der Waals surface area contributed by atoms with Gasteiger partial charge in [-0.05, 0) is 52.2 Å². The van der Waals surface area contributed by atoms with Crippen LogP contribution in [0, 0.1) is 0 Å². The molecule has 0 aliphatic rings. The summed E-state index contributed by atoms with van der Waals surface area (Å²) in [5, 5.41) is 1.18. The number of rotatable bonds is 5. The number of halogens is 4. The first-order valence-electron chi connectivity index (χ1n) is 9.01. The average molecular weight is 435 g/mol. The van der Waals surface area contributed by atoms with Crippen molar-refractivity contribution >= 4 is 34.2 Å². The molecule has 3 aromatic carbocycles. The SMILES string of the molecule is CN(CCC(N)=O)C(=O)c1ccc2cc(-c3ccc(Cl)c(C(F)(F)F)c3)ccc2c1. The predicted molar refractivity (Wildman–Crippen MR) is 110 cm³/mol. The summed E-state index contributed by atoms with van der Waals surface area (Å²) in [5.74, 6) is -0.744. The lowest BCUT2D eigenvalue weighted by Crippen LogP contribution is -2.30. The fourth-order valence-corrected chi connectivity index (χ4v) is 3.30. The summed E-state index contributed by atoms with van der Waals surface area (Å²) in [7, 11) is 1.58. The van der Waals surface area contributed by atoms with Gasteiger partial charge in [0.2, 0.25) is 5.91 Å². The molecule has 0 aliphatic carbocycles. The van der Waals surface area contributed by atoms with Crippen LogP contribution in [0.3, 0.4) is 0 Å². The van der Waals surface area contributed by atoms with E-state index in [0.717, 1.165) is 16.8 Å². The quantitative estimate of drug-likeness (QED) is 0.605. The number of primary amides is 1. The molecule has 0 fully saturated rings. The van der Waals surface area contributed by atoms with E-state index >= 15 is 0 Å². The van der Waals surface area contributed by atoms with E-state index in [-0.39, 0.29) is 23.9 Å². The van der Waals surface area contributed by atoms with Crippen LogP contribution < -0.4 is 5.73 Å². The summed E-state index contributed by atoms with van der Waals surface area (Å²) in [6.45, 7) is 0.212. The van der Waals surface area contributed by atoms with Crippen LogP contribution in [0.1, 0.15) is 22.3 Å². The molecular weight excluding hydrogens is 417 g/mol. The van der Waals surface area contributed by atoms with E-state index in [1.54, 1.807) is 43.4 Å². The molecule has 0 unspecified atom stereocenters. The Hall–Kier alpha value is -3.06. The summed E-state index contributed by atoms with van der Waals surface area (Å²) < 4.78 is 39.4. The monoisotopic (exact) mass is 434 g/mol. The zero-order valence-corrected chi connectivity index (χ0v) is 16.7. The van der Waals surface area contributed by atoms with E-state index in [2.05, 4.69) is 0 Å². The van der Waals surface area contributed by atoms with Crippen LogP contribution >= 0.6 is 11.6 Å². The molecule has 0 saturated carbocycles. The number of fused-ring (bicyclic) bond motifs is 1. The molecule has 0 spiro atoms. The molecule has 0 aromatic heterocycles. The first-order chi connectivity index (χ1) is 14.1. The van der Waals surface area contributed by atoms with Crippen LogP contribution in [0.25, 0.3) is 21.9 Å². The highest BCUT2D eigenvalue weighted by Crippen LogP contribution is 2.37. The Kier molecular flexibility index (Phi) is 6.03. The Morgan fingerprint density at radius 1 is 0.967 bits per heavy atom. The molecule has 0 atom stereocenters.